The summed E-state index contributed by atoms with van der Waals surface area (Å²) in [5.74, 6) is 0. The summed E-state index contributed by atoms with van der Waals surface area (Å²) >= 11 is 0. The van der Waals surface area contributed by atoms with Crippen molar-refractivity contribution in [2.75, 3.05) is 13.6 Å². The van der Waals surface area contributed by atoms with E-state index in [2.05, 4.69) is 6.58 Å². The summed E-state index contributed by atoms with van der Waals surface area (Å²) < 4.78 is 37.0. The maximum atomic E-state index is 12.3. The van der Waals surface area contributed by atoms with Crippen LogP contribution < -0.4 is 0 Å². The summed E-state index contributed by atoms with van der Waals surface area (Å²) in [5.41, 5.74) is 0.524. The largest absolute Gasteiger partial charge is 0.416 e. The molecular formula is C13H13F3N2. The number of hydrogen-bond acceptors (Lipinski definition) is 2. The predicted molar refractivity (Wildman–Crippen MR) is 62.5 cm³/mol. The van der Waals surface area contributed by atoms with E-state index in [9.17, 15) is 13.2 Å². The molecule has 2 nitrogen and oxygen atoms in total. The number of rotatable bonds is 4. The fraction of sp³-hybridized carbons (Fsp3) is 0.308. The molecule has 1 aromatic carbocycles. The van der Waals surface area contributed by atoms with Crippen molar-refractivity contribution < 1.29 is 13.2 Å². The summed E-state index contributed by atoms with van der Waals surface area (Å²) in [6.07, 6.45) is -4.31. The van der Waals surface area contributed by atoms with Gasteiger partial charge in [-0.2, -0.15) is 18.4 Å². The smallest absolute Gasteiger partial charge is 0.297 e. The van der Waals surface area contributed by atoms with Gasteiger partial charge in [-0.3, -0.25) is 4.90 Å². The molecule has 0 N–H and O–H groups in total. The van der Waals surface area contributed by atoms with Crippen LogP contribution >= 0.6 is 0 Å². The summed E-state index contributed by atoms with van der Waals surface area (Å²) in [5, 5.41) is 8.57. The van der Waals surface area contributed by atoms with E-state index < -0.39 is 11.7 Å². The van der Waals surface area contributed by atoms with E-state index in [1.54, 1.807) is 7.05 Å². The lowest BCUT2D eigenvalue weighted by Gasteiger charge is -2.16. The van der Waals surface area contributed by atoms with Crippen LogP contribution in [0.2, 0.25) is 0 Å². The summed E-state index contributed by atoms with van der Waals surface area (Å²) in [4.78, 5) is 1.81. The number of hydrogen-bond donors (Lipinski definition) is 0. The van der Waals surface area contributed by atoms with Gasteiger partial charge < -0.3 is 0 Å². The van der Waals surface area contributed by atoms with Crippen LogP contribution in [0.15, 0.2) is 36.4 Å². The Morgan fingerprint density at radius 2 is 1.89 bits per heavy atom. The van der Waals surface area contributed by atoms with Crippen molar-refractivity contribution in [1.29, 1.82) is 5.26 Å². The van der Waals surface area contributed by atoms with E-state index in [0.29, 0.717) is 18.7 Å². The van der Waals surface area contributed by atoms with Gasteiger partial charge in [0.2, 0.25) is 0 Å². The fourth-order valence-corrected chi connectivity index (χ4v) is 1.53. The molecule has 0 saturated carbocycles. The average Bonchev–Trinajstić information content (AvgIpc) is 2.28. The molecule has 96 valence electrons. The number of benzene rings is 1. The van der Waals surface area contributed by atoms with Gasteiger partial charge in [-0.1, -0.05) is 18.7 Å². The molecule has 0 saturated heterocycles. The van der Waals surface area contributed by atoms with Crippen molar-refractivity contribution in [2.24, 2.45) is 0 Å². The first-order valence-corrected chi connectivity index (χ1v) is 5.25. The molecule has 0 aliphatic carbocycles. The van der Waals surface area contributed by atoms with Crippen LogP contribution in [-0.4, -0.2) is 18.5 Å². The summed E-state index contributed by atoms with van der Waals surface area (Å²) in [7, 11) is 1.78. The van der Waals surface area contributed by atoms with Gasteiger partial charge in [-0.15, -0.1) is 0 Å². The first-order chi connectivity index (χ1) is 8.32. The molecule has 0 aromatic heterocycles. The van der Waals surface area contributed by atoms with Gasteiger partial charge in [-0.25, -0.2) is 0 Å². The molecule has 0 atom stereocenters. The number of alkyl halides is 3. The molecule has 1 aromatic rings. The Morgan fingerprint density at radius 1 is 1.33 bits per heavy atom. The van der Waals surface area contributed by atoms with Crippen LogP contribution in [-0.2, 0) is 12.7 Å². The van der Waals surface area contributed by atoms with Crippen molar-refractivity contribution in [1.82, 2.24) is 4.90 Å². The molecule has 18 heavy (non-hydrogen) atoms. The van der Waals surface area contributed by atoms with Crippen molar-refractivity contribution in [3.8, 4) is 6.07 Å². The van der Waals surface area contributed by atoms with Gasteiger partial charge in [0.25, 0.3) is 0 Å². The first kappa shape index (κ1) is 14.3. The van der Waals surface area contributed by atoms with Gasteiger partial charge in [0, 0.05) is 18.7 Å². The van der Waals surface area contributed by atoms with E-state index in [-0.39, 0.29) is 0 Å². The van der Waals surface area contributed by atoms with Crippen LogP contribution in [0, 0.1) is 11.3 Å². The van der Waals surface area contributed by atoms with E-state index in [1.165, 1.54) is 12.1 Å². The second-order valence-electron chi connectivity index (χ2n) is 4.08. The van der Waals surface area contributed by atoms with Gasteiger partial charge in [0.15, 0.2) is 0 Å². The highest BCUT2D eigenvalue weighted by molar-refractivity contribution is 5.25. The third-order valence-electron chi connectivity index (χ3n) is 2.35. The Balaban J connectivity index is 2.65. The average molecular weight is 254 g/mol. The van der Waals surface area contributed by atoms with Crippen LogP contribution in [0.5, 0.6) is 0 Å². The molecule has 1 rings (SSSR count). The lowest BCUT2D eigenvalue weighted by molar-refractivity contribution is -0.137. The Labute approximate surface area is 104 Å². The Hall–Kier alpha value is -1.80. The highest BCUT2D eigenvalue weighted by Crippen LogP contribution is 2.29. The van der Waals surface area contributed by atoms with E-state index >= 15 is 0 Å². The van der Waals surface area contributed by atoms with Crippen molar-refractivity contribution in [2.45, 2.75) is 12.7 Å². The molecule has 0 radical (unpaired) electrons. The van der Waals surface area contributed by atoms with Crippen molar-refractivity contribution >= 4 is 0 Å². The second kappa shape index (κ2) is 5.69. The molecule has 0 unspecified atom stereocenters. The fourth-order valence-electron chi connectivity index (χ4n) is 1.53. The Morgan fingerprint density at radius 3 is 2.33 bits per heavy atom. The quantitative estimate of drug-likeness (QED) is 0.771. The zero-order valence-corrected chi connectivity index (χ0v) is 9.96. The molecule has 5 heteroatoms. The minimum absolute atomic E-state index is 0.400. The highest BCUT2D eigenvalue weighted by Gasteiger charge is 2.29. The minimum atomic E-state index is -4.31. The number of likely N-dealkylation sites (N-methyl/N-ethyl adjacent to an activating group) is 1. The summed E-state index contributed by atoms with van der Waals surface area (Å²) in [6.45, 7) is 4.42. The van der Waals surface area contributed by atoms with Crippen LogP contribution in [0.3, 0.4) is 0 Å². The Bertz CT molecular complexity index is 455. The molecule has 0 amide bonds. The van der Waals surface area contributed by atoms with Gasteiger partial charge in [0.05, 0.1) is 11.6 Å². The number of nitrogens with zero attached hydrogens (tertiary/aromatic N) is 2. The molecule has 0 aliphatic rings. The third kappa shape index (κ3) is 4.22. The SMILES string of the molecule is C=C(C#N)CN(C)Cc1ccc(C(F)(F)F)cc1. The van der Waals surface area contributed by atoms with E-state index in [1.807, 2.05) is 11.0 Å². The van der Waals surface area contributed by atoms with Crippen LogP contribution in [0.25, 0.3) is 0 Å². The summed E-state index contributed by atoms with van der Waals surface area (Å²) in [6, 6.07) is 6.92. The zero-order valence-electron chi connectivity index (χ0n) is 9.96. The van der Waals surface area contributed by atoms with E-state index in [4.69, 9.17) is 5.26 Å². The molecule has 0 fully saturated rings. The maximum Gasteiger partial charge on any atom is 0.416 e. The second-order valence-corrected chi connectivity index (χ2v) is 4.08. The topological polar surface area (TPSA) is 27.0 Å². The lowest BCUT2D eigenvalue weighted by atomic mass is 10.1. The monoisotopic (exact) mass is 254 g/mol. The molecule has 0 heterocycles. The van der Waals surface area contributed by atoms with E-state index in [0.717, 1.165) is 17.7 Å². The third-order valence-corrected chi connectivity index (χ3v) is 2.35. The molecule has 0 bridgehead atoms. The van der Waals surface area contributed by atoms with Gasteiger partial charge >= 0.3 is 6.18 Å². The highest BCUT2D eigenvalue weighted by atomic mass is 19.4. The Kier molecular flexibility index (Phi) is 4.51. The minimum Gasteiger partial charge on any atom is -0.297 e. The number of nitriles is 1. The van der Waals surface area contributed by atoms with Crippen LogP contribution in [0.4, 0.5) is 13.2 Å². The molecule has 0 spiro atoms. The van der Waals surface area contributed by atoms with Crippen LogP contribution in [0.1, 0.15) is 11.1 Å². The zero-order chi connectivity index (χ0) is 13.8. The molecular weight excluding hydrogens is 241 g/mol. The normalized spacial score (nSPS) is 11.3. The standard InChI is InChI=1S/C13H13F3N2/c1-10(7-17)8-18(2)9-11-3-5-12(6-4-11)13(14,15)16/h3-6H,1,8-9H2,2H3. The number of halogens is 3. The maximum absolute atomic E-state index is 12.3. The predicted octanol–water partition coefficient (Wildman–Crippen LogP) is 3.22. The van der Waals surface area contributed by atoms with Crippen molar-refractivity contribution in [3.05, 3.63) is 47.5 Å². The first-order valence-electron chi connectivity index (χ1n) is 5.25. The van der Waals surface area contributed by atoms with Gasteiger partial charge in [0.1, 0.15) is 0 Å². The molecule has 0 aliphatic heterocycles. The van der Waals surface area contributed by atoms with Gasteiger partial charge in [-0.05, 0) is 24.7 Å². The lowest BCUT2D eigenvalue weighted by Crippen LogP contribution is -2.20. The van der Waals surface area contributed by atoms with Crippen molar-refractivity contribution in [3.63, 3.8) is 0 Å².